The summed E-state index contributed by atoms with van der Waals surface area (Å²) in [5.41, 5.74) is 2.53. The third-order valence-electron chi connectivity index (χ3n) is 5.62. The predicted molar refractivity (Wildman–Crippen MR) is 119 cm³/mol. The number of hydrogen-bond donors (Lipinski definition) is 1. The molecular weight excluding hydrogens is 360 g/mol. The molecule has 154 valence electrons. The largest absolute Gasteiger partial charge is 0.355 e. The summed E-state index contributed by atoms with van der Waals surface area (Å²) in [6.45, 7) is 10.9. The summed E-state index contributed by atoms with van der Waals surface area (Å²) in [6, 6.07) is 12.4. The lowest BCUT2D eigenvalue weighted by Crippen LogP contribution is -2.37. The summed E-state index contributed by atoms with van der Waals surface area (Å²) in [5, 5.41) is 12.5. The van der Waals surface area contributed by atoms with Crippen LogP contribution in [0.2, 0.25) is 0 Å². The van der Waals surface area contributed by atoms with Crippen LogP contribution in [0.5, 0.6) is 0 Å². The van der Waals surface area contributed by atoms with Crippen molar-refractivity contribution in [3.63, 3.8) is 0 Å². The average molecular weight is 393 g/mol. The van der Waals surface area contributed by atoms with E-state index in [1.165, 1.54) is 6.42 Å². The minimum atomic E-state index is 0.586. The number of anilines is 3. The Balaban J connectivity index is 1.83. The monoisotopic (exact) mass is 392 g/mol. The molecule has 0 spiro atoms. The Morgan fingerprint density at radius 2 is 2.03 bits per heavy atom. The minimum absolute atomic E-state index is 0.586. The molecule has 2 heterocycles. The maximum atomic E-state index is 9.15. The zero-order valence-electron chi connectivity index (χ0n) is 17.9. The predicted octanol–water partition coefficient (Wildman–Crippen LogP) is 4.35. The van der Waals surface area contributed by atoms with Gasteiger partial charge < -0.3 is 10.2 Å². The van der Waals surface area contributed by atoms with Gasteiger partial charge in [-0.15, -0.1) is 0 Å². The van der Waals surface area contributed by atoms with Crippen molar-refractivity contribution in [1.82, 2.24) is 14.9 Å². The molecule has 0 bridgehead atoms. The Bertz CT molecular complexity index is 840. The molecule has 1 aliphatic rings. The maximum absolute atomic E-state index is 9.15. The van der Waals surface area contributed by atoms with Gasteiger partial charge in [0.15, 0.2) is 0 Å². The van der Waals surface area contributed by atoms with Crippen molar-refractivity contribution in [2.75, 3.05) is 36.4 Å². The molecule has 3 rings (SSSR count). The molecule has 1 fully saturated rings. The lowest BCUT2D eigenvalue weighted by Gasteiger charge is -2.26. The van der Waals surface area contributed by atoms with Crippen LogP contribution in [0.1, 0.15) is 51.3 Å². The molecule has 1 aromatic carbocycles. The second-order valence-corrected chi connectivity index (χ2v) is 7.57. The number of benzene rings is 1. The number of aromatic nitrogens is 2. The Morgan fingerprint density at radius 1 is 1.21 bits per heavy atom. The number of rotatable bonds is 9. The molecule has 1 aromatic heterocycles. The van der Waals surface area contributed by atoms with Crippen molar-refractivity contribution < 1.29 is 0 Å². The first kappa shape index (κ1) is 21.1. The molecule has 1 saturated heterocycles. The summed E-state index contributed by atoms with van der Waals surface area (Å²) in [7, 11) is 0. The quantitative estimate of drug-likeness (QED) is 0.684. The highest BCUT2D eigenvalue weighted by Gasteiger charge is 2.27. The first-order valence-corrected chi connectivity index (χ1v) is 10.8. The van der Waals surface area contributed by atoms with Crippen molar-refractivity contribution in [3.05, 3.63) is 41.6 Å². The van der Waals surface area contributed by atoms with Crippen molar-refractivity contribution in [1.29, 1.82) is 5.26 Å². The summed E-state index contributed by atoms with van der Waals surface area (Å²) in [5.74, 6) is 1.61. The van der Waals surface area contributed by atoms with Gasteiger partial charge >= 0.3 is 0 Å². The van der Waals surface area contributed by atoms with Crippen molar-refractivity contribution >= 4 is 17.5 Å². The number of nitrogens with zero attached hydrogens (tertiary/aromatic N) is 5. The summed E-state index contributed by atoms with van der Waals surface area (Å²) >= 11 is 0. The van der Waals surface area contributed by atoms with Crippen LogP contribution in [-0.2, 0) is 6.42 Å². The summed E-state index contributed by atoms with van der Waals surface area (Å²) in [4.78, 5) is 14.5. The van der Waals surface area contributed by atoms with Gasteiger partial charge in [-0.2, -0.15) is 10.2 Å². The van der Waals surface area contributed by atoms with Gasteiger partial charge in [-0.25, -0.2) is 4.98 Å². The topological polar surface area (TPSA) is 68.1 Å². The van der Waals surface area contributed by atoms with E-state index in [-0.39, 0.29) is 0 Å². The summed E-state index contributed by atoms with van der Waals surface area (Å²) < 4.78 is 0. The van der Waals surface area contributed by atoms with E-state index in [1.807, 2.05) is 18.2 Å². The van der Waals surface area contributed by atoms with Crippen LogP contribution in [-0.4, -0.2) is 47.1 Å². The zero-order valence-corrected chi connectivity index (χ0v) is 17.9. The molecule has 2 aromatic rings. The number of hydrogen-bond acceptors (Lipinski definition) is 6. The first-order chi connectivity index (χ1) is 14.2. The molecular formula is C23H32N6. The second-order valence-electron chi connectivity index (χ2n) is 7.57. The third-order valence-corrected chi connectivity index (χ3v) is 5.62. The minimum Gasteiger partial charge on any atom is -0.355 e. The van der Waals surface area contributed by atoms with Crippen LogP contribution in [0.25, 0.3) is 0 Å². The highest BCUT2D eigenvalue weighted by atomic mass is 15.3. The van der Waals surface area contributed by atoms with Crippen molar-refractivity contribution in [2.45, 2.75) is 52.5 Å². The van der Waals surface area contributed by atoms with Gasteiger partial charge in [0.1, 0.15) is 5.82 Å². The number of nitrogens with one attached hydrogen (secondary N) is 1. The lowest BCUT2D eigenvalue weighted by molar-refractivity contribution is 0.232. The molecule has 1 aliphatic heterocycles. The Morgan fingerprint density at radius 3 is 2.76 bits per heavy atom. The van der Waals surface area contributed by atoms with Gasteiger partial charge in [-0.05, 0) is 50.6 Å². The average Bonchev–Trinajstić information content (AvgIpc) is 3.23. The van der Waals surface area contributed by atoms with E-state index >= 15 is 0 Å². The fourth-order valence-corrected chi connectivity index (χ4v) is 3.97. The number of nitriles is 1. The molecule has 29 heavy (non-hydrogen) atoms. The number of aryl methyl sites for hydroxylation is 1. The van der Waals surface area contributed by atoms with E-state index in [0.717, 1.165) is 62.6 Å². The smallest absolute Gasteiger partial charge is 0.229 e. The number of unbranched alkanes of at least 4 members (excludes halogenated alkanes) is 1. The highest BCUT2D eigenvalue weighted by Crippen LogP contribution is 2.25. The SMILES string of the molecule is CCCCc1cc(N2CCC(N(CC)CC)C2)nc(Nc2cccc(C#N)c2)n1. The van der Waals surface area contributed by atoms with E-state index in [4.69, 9.17) is 15.2 Å². The third kappa shape index (κ3) is 5.45. The molecule has 0 saturated carbocycles. The molecule has 6 heteroatoms. The highest BCUT2D eigenvalue weighted by molar-refractivity contribution is 5.58. The van der Waals surface area contributed by atoms with Crippen LogP contribution in [0.4, 0.5) is 17.5 Å². The summed E-state index contributed by atoms with van der Waals surface area (Å²) in [6.07, 6.45) is 4.37. The van der Waals surface area contributed by atoms with Gasteiger partial charge in [0.25, 0.3) is 0 Å². The lowest BCUT2D eigenvalue weighted by atomic mass is 10.2. The van der Waals surface area contributed by atoms with Crippen molar-refractivity contribution in [3.8, 4) is 6.07 Å². The van der Waals surface area contributed by atoms with Crippen LogP contribution in [0, 0.1) is 11.3 Å². The number of likely N-dealkylation sites (N-methyl/N-ethyl adjacent to an activating group) is 1. The van der Waals surface area contributed by atoms with Crippen LogP contribution >= 0.6 is 0 Å². The van der Waals surface area contributed by atoms with E-state index < -0.39 is 0 Å². The standard InChI is InChI=1S/C23H32N6/c1-4-7-10-20-15-22(29-13-12-21(17-29)28(5-2)6-3)27-23(26-20)25-19-11-8-9-18(14-19)16-24/h8-9,11,14-15,21H,4-7,10,12-13,17H2,1-3H3,(H,25,26,27). The fourth-order valence-electron chi connectivity index (χ4n) is 3.97. The zero-order chi connectivity index (χ0) is 20.6. The van der Waals surface area contributed by atoms with Gasteiger partial charge in [-0.1, -0.05) is 33.3 Å². The molecule has 1 unspecified atom stereocenters. The Hall–Kier alpha value is -2.65. The van der Waals surface area contributed by atoms with Crippen LogP contribution in [0.3, 0.4) is 0 Å². The van der Waals surface area contributed by atoms with Gasteiger partial charge in [0.2, 0.25) is 5.95 Å². The van der Waals surface area contributed by atoms with E-state index in [9.17, 15) is 0 Å². The Kier molecular flexibility index (Phi) is 7.42. The fraction of sp³-hybridized carbons (Fsp3) is 0.522. The Labute approximate surface area is 174 Å². The van der Waals surface area contributed by atoms with E-state index in [1.54, 1.807) is 6.07 Å². The van der Waals surface area contributed by atoms with Crippen molar-refractivity contribution in [2.24, 2.45) is 0 Å². The molecule has 0 amide bonds. The van der Waals surface area contributed by atoms with E-state index in [0.29, 0.717) is 17.6 Å². The molecule has 1 N–H and O–H groups in total. The molecule has 1 atom stereocenters. The van der Waals surface area contributed by atoms with Crippen LogP contribution < -0.4 is 10.2 Å². The van der Waals surface area contributed by atoms with E-state index in [2.05, 4.69) is 48.0 Å². The maximum Gasteiger partial charge on any atom is 0.229 e. The van der Waals surface area contributed by atoms with Crippen LogP contribution in [0.15, 0.2) is 30.3 Å². The van der Waals surface area contributed by atoms with Gasteiger partial charge in [0, 0.05) is 36.6 Å². The normalized spacial score (nSPS) is 16.2. The van der Waals surface area contributed by atoms with Gasteiger partial charge in [0.05, 0.1) is 11.6 Å². The first-order valence-electron chi connectivity index (χ1n) is 10.8. The molecule has 6 nitrogen and oxygen atoms in total. The molecule has 0 aliphatic carbocycles. The molecule has 0 radical (unpaired) electrons. The second kappa shape index (κ2) is 10.2. The van der Waals surface area contributed by atoms with Gasteiger partial charge in [-0.3, -0.25) is 4.90 Å².